The Kier molecular flexibility index (Phi) is 6.04. The zero-order chi connectivity index (χ0) is 23.7. The predicted octanol–water partition coefficient (Wildman–Crippen LogP) is 4.93. The second-order valence-electron chi connectivity index (χ2n) is 8.40. The van der Waals surface area contributed by atoms with Gasteiger partial charge in [0, 0.05) is 11.8 Å². The van der Waals surface area contributed by atoms with E-state index in [1.54, 1.807) is 36.4 Å². The molecule has 1 aliphatic rings. The Balaban J connectivity index is 1.55. The summed E-state index contributed by atoms with van der Waals surface area (Å²) in [6.07, 6.45) is 3.44. The Labute approximate surface area is 195 Å². The van der Waals surface area contributed by atoms with Crippen molar-refractivity contribution in [1.82, 2.24) is 9.97 Å². The van der Waals surface area contributed by atoms with Crippen LogP contribution < -0.4 is 20.7 Å². The molecule has 0 bridgehead atoms. The molecule has 0 amide bonds. The number of fused-ring (bicyclic) bond motifs is 2. The maximum atomic E-state index is 12.8. The molecule has 8 nitrogen and oxygen atoms in total. The van der Waals surface area contributed by atoms with E-state index in [1.807, 2.05) is 13.8 Å². The van der Waals surface area contributed by atoms with Crippen molar-refractivity contribution in [2.75, 3.05) is 13.2 Å². The van der Waals surface area contributed by atoms with Crippen molar-refractivity contribution in [1.29, 1.82) is 0 Å². The Hall–Kier alpha value is -3.68. The molecule has 34 heavy (non-hydrogen) atoms. The number of ether oxygens (including phenoxy) is 2. The molecule has 5 rings (SSSR count). The van der Waals surface area contributed by atoms with E-state index >= 15 is 0 Å². The lowest BCUT2D eigenvalue weighted by Gasteiger charge is -2.28. The van der Waals surface area contributed by atoms with Gasteiger partial charge >= 0.3 is 11.3 Å². The molecule has 1 aliphatic carbocycles. The van der Waals surface area contributed by atoms with E-state index in [0.717, 1.165) is 25.7 Å². The van der Waals surface area contributed by atoms with Crippen molar-refractivity contribution in [3.05, 3.63) is 69.0 Å². The molecule has 0 aliphatic heterocycles. The van der Waals surface area contributed by atoms with E-state index in [-0.39, 0.29) is 11.8 Å². The van der Waals surface area contributed by atoms with Gasteiger partial charge in [0.05, 0.1) is 35.0 Å². The second-order valence-corrected chi connectivity index (χ2v) is 8.40. The maximum absolute atomic E-state index is 12.8. The Morgan fingerprint density at radius 2 is 1.21 bits per heavy atom. The number of aromatic nitrogens is 2. The average Bonchev–Trinajstić information content (AvgIpc) is 2.85. The second kappa shape index (κ2) is 9.29. The van der Waals surface area contributed by atoms with Crippen molar-refractivity contribution in [2.24, 2.45) is 0 Å². The fraction of sp³-hybridized carbons (Fsp3) is 0.385. The predicted molar refractivity (Wildman–Crippen MR) is 127 cm³/mol. The molecule has 4 aromatic rings. The van der Waals surface area contributed by atoms with Crippen LogP contribution in [0.1, 0.15) is 63.1 Å². The smallest absolute Gasteiger partial charge is 0.346 e. The topological polar surface area (TPSA) is 105 Å². The summed E-state index contributed by atoms with van der Waals surface area (Å²) in [6, 6.07) is 10.4. The quantitative estimate of drug-likeness (QED) is 0.397. The van der Waals surface area contributed by atoms with E-state index in [9.17, 15) is 9.59 Å². The van der Waals surface area contributed by atoms with E-state index in [2.05, 4.69) is 9.97 Å². The van der Waals surface area contributed by atoms with E-state index in [0.29, 0.717) is 58.3 Å². The van der Waals surface area contributed by atoms with Crippen molar-refractivity contribution in [3.63, 3.8) is 0 Å². The van der Waals surface area contributed by atoms with Crippen LogP contribution in [-0.2, 0) is 0 Å². The van der Waals surface area contributed by atoms with Gasteiger partial charge in [0.1, 0.15) is 11.5 Å². The number of rotatable bonds is 6. The van der Waals surface area contributed by atoms with Crippen LogP contribution >= 0.6 is 0 Å². The molecule has 2 aromatic carbocycles. The molecule has 1 fully saturated rings. The first kappa shape index (κ1) is 22.1. The van der Waals surface area contributed by atoms with Crippen molar-refractivity contribution < 1.29 is 18.3 Å². The molecule has 0 saturated heterocycles. The van der Waals surface area contributed by atoms with Crippen LogP contribution in [-0.4, -0.2) is 23.2 Å². The summed E-state index contributed by atoms with van der Waals surface area (Å²) < 4.78 is 22.4. The van der Waals surface area contributed by atoms with Crippen LogP contribution in [0.2, 0.25) is 0 Å². The fourth-order valence-corrected chi connectivity index (χ4v) is 4.69. The van der Waals surface area contributed by atoms with Gasteiger partial charge in [-0.15, -0.1) is 0 Å². The molecule has 2 unspecified atom stereocenters. The molecule has 2 heterocycles. The standard InChI is InChI=1S/C26H26N2O6/c1-3-31-15-9-11-21-19(13-15)25(29)33-23(27-21)17-7-5-6-8-18(17)24-28-22-12-10-16(32-4-2)14-20(22)26(30)34-24/h9-14,17-18H,3-8H2,1-2H3. The van der Waals surface area contributed by atoms with Crippen molar-refractivity contribution >= 4 is 21.8 Å². The number of benzene rings is 2. The molecule has 2 aromatic heterocycles. The summed E-state index contributed by atoms with van der Waals surface area (Å²) >= 11 is 0. The third kappa shape index (κ3) is 4.16. The SMILES string of the molecule is CCOc1ccc2nc(C3CCCCC3c3nc4ccc(OCC)cc4c(=O)o3)oc(=O)c2c1. The van der Waals surface area contributed by atoms with Gasteiger partial charge in [-0.3, -0.25) is 0 Å². The van der Waals surface area contributed by atoms with Crippen LogP contribution in [0, 0.1) is 0 Å². The summed E-state index contributed by atoms with van der Waals surface area (Å²) in [7, 11) is 0. The zero-order valence-electron chi connectivity index (χ0n) is 19.2. The van der Waals surface area contributed by atoms with E-state index < -0.39 is 11.3 Å². The number of nitrogens with zero attached hydrogens (tertiary/aromatic N) is 2. The number of hydrogen-bond donors (Lipinski definition) is 0. The Morgan fingerprint density at radius 3 is 1.62 bits per heavy atom. The largest absolute Gasteiger partial charge is 0.494 e. The van der Waals surface area contributed by atoms with Gasteiger partial charge in [0.2, 0.25) is 11.8 Å². The Morgan fingerprint density at radius 1 is 0.765 bits per heavy atom. The average molecular weight is 463 g/mol. The zero-order valence-corrected chi connectivity index (χ0v) is 19.2. The van der Waals surface area contributed by atoms with Gasteiger partial charge in [-0.1, -0.05) is 12.8 Å². The van der Waals surface area contributed by atoms with Crippen molar-refractivity contribution in [3.8, 4) is 11.5 Å². The summed E-state index contributed by atoms with van der Waals surface area (Å²) in [5.74, 6) is 1.47. The van der Waals surface area contributed by atoms with Crippen LogP contribution in [0.3, 0.4) is 0 Å². The van der Waals surface area contributed by atoms with Gasteiger partial charge in [-0.2, -0.15) is 0 Å². The van der Waals surface area contributed by atoms with Gasteiger partial charge in [0.15, 0.2) is 0 Å². The first-order chi connectivity index (χ1) is 16.6. The van der Waals surface area contributed by atoms with Crippen LogP contribution in [0.15, 0.2) is 54.8 Å². The molecule has 8 heteroatoms. The molecule has 1 saturated carbocycles. The fourth-order valence-electron chi connectivity index (χ4n) is 4.69. The lowest BCUT2D eigenvalue weighted by atomic mass is 9.79. The first-order valence-electron chi connectivity index (χ1n) is 11.7. The molecule has 2 atom stereocenters. The van der Waals surface area contributed by atoms with Crippen LogP contribution in [0.4, 0.5) is 0 Å². The van der Waals surface area contributed by atoms with Crippen LogP contribution in [0.5, 0.6) is 11.5 Å². The first-order valence-corrected chi connectivity index (χ1v) is 11.7. The highest BCUT2D eigenvalue weighted by atomic mass is 16.5. The van der Waals surface area contributed by atoms with Crippen LogP contribution in [0.25, 0.3) is 21.8 Å². The van der Waals surface area contributed by atoms with Gasteiger partial charge in [0.25, 0.3) is 0 Å². The summed E-state index contributed by atoms with van der Waals surface area (Å²) in [5.41, 5.74) is 0.190. The third-order valence-electron chi connectivity index (χ3n) is 6.25. The molecule has 0 radical (unpaired) electrons. The highest BCUT2D eigenvalue weighted by molar-refractivity contribution is 5.79. The van der Waals surface area contributed by atoms with Gasteiger partial charge in [-0.05, 0) is 63.1 Å². The molecule has 176 valence electrons. The molecular formula is C26H26N2O6. The van der Waals surface area contributed by atoms with E-state index in [4.69, 9.17) is 18.3 Å². The van der Waals surface area contributed by atoms with Crippen molar-refractivity contribution in [2.45, 2.75) is 51.4 Å². The normalized spacial score (nSPS) is 18.3. The molecule has 0 N–H and O–H groups in total. The maximum Gasteiger partial charge on any atom is 0.346 e. The Bertz CT molecular complexity index is 1350. The minimum Gasteiger partial charge on any atom is -0.494 e. The summed E-state index contributed by atoms with van der Waals surface area (Å²) in [6.45, 7) is 4.77. The molecule has 0 spiro atoms. The highest BCUT2D eigenvalue weighted by Crippen LogP contribution is 2.43. The summed E-state index contributed by atoms with van der Waals surface area (Å²) in [5, 5.41) is 0.755. The van der Waals surface area contributed by atoms with E-state index in [1.165, 1.54) is 0 Å². The lowest BCUT2D eigenvalue weighted by molar-refractivity contribution is 0.268. The lowest BCUT2D eigenvalue weighted by Crippen LogP contribution is -2.21. The monoisotopic (exact) mass is 462 g/mol. The van der Waals surface area contributed by atoms with Gasteiger partial charge < -0.3 is 18.3 Å². The minimum atomic E-state index is -0.456. The third-order valence-corrected chi connectivity index (χ3v) is 6.25. The highest BCUT2D eigenvalue weighted by Gasteiger charge is 2.34. The number of hydrogen-bond acceptors (Lipinski definition) is 8. The minimum absolute atomic E-state index is 0.215. The van der Waals surface area contributed by atoms with Gasteiger partial charge in [-0.25, -0.2) is 19.6 Å². The molecular weight excluding hydrogens is 436 g/mol. The summed E-state index contributed by atoms with van der Waals surface area (Å²) in [4.78, 5) is 34.9.